The molecule has 0 saturated carbocycles. The van der Waals surface area contributed by atoms with E-state index in [0.29, 0.717) is 0 Å². The number of rotatable bonds is 5. The van der Waals surface area contributed by atoms with E-state index in [9.17, 15) is 0 Å². The van der Waals surface area contributed by atoms with Crippen molar-refractivity contribution in [3.63, 3.8) is 0 Å². The molecule has 3 heteroatoms. The summed E-state index contributed by atoms with van der Waals surface area (Å²) >= 11 is 5.26. The molecule has 0 bridgehead atoms. The Balaban J connectivity index is 2.03. The molecule has 2 rings (SSSR count). The van der Waals surface area contributed by atoms with Gasteiger partial charge in [0.2, 0.25) is 0 Å². The molecule has 90 valence electrons. The molecule has 0 saturated heterocycles. The number of hydrogen-bond acceptors (Lipinski definition) is 2. The van der Waals surface area contributed by atoms with Gasteiger partial charge in [0.25, 0.3) is 0 Å². The van der Waals surface area contributed by atoms with E-state index >= 15 is 0 Å². The quantitative estimate of drug-likeness (QED) is 0.812. The highest BCUT2D eigenvalue weighted by molar-refractivity contribution is 9.10. The van der Waals surface area contributed by atoms with Crippen LogP contribution in [0, 0.1) is 0 Å². The van der Waals surface area contributed by atoms with E-state index in [0.717, 1.165) is 13.0 Å². The van der Waals surface area contributed by atoms with Crippen LogP contribution in [0.3, 0.4) is 0 Å². The van der Waals surface area contributed by atoms with E-state index in [1.54, 1.807) is 11.3 Å². The van der Waals surface area contributed by atoms with Crippen molar-refractivity contribution in [3.8, 4) is 0 Å². The van der Waals surface area contributed by atoms with Gasteiger partial charge in [-0.05, 0) is 40.0 Å². The lowest BCUT2D eigenvalue weighted by Gasteiger charge is -2.10. The van der Waals surface area contributed by atoms with Gasteiger partial charge in [0.05, 0.1) is 0 Å². The van der Waals surface area contributed by atoms with Crippen molar-refractivity contribution in [1.82, 2.24) is 0 Å². The SMILES string of the molecule is CCCc1ccccc1NCc1cc(Br)cs1. The minimum Gasteiger partial charge on any atom is -0.380 e. The standard InChI is InChI=1S/C14H16BrNS/c1-2-5-11-6-3-4-7-14(11)16-9-13-8-12(15)10-17-13/h3-4,6-8,10,16H,2,5,9H2,1H3. The van der Waals surface area contributed by atoms with Crippen molar-refractivity contribution in [2.45, 2.75) is 26.3 Å². The summed E-state index contributed by atoms with van der Waals surface area (Å²) in [5.41, 5.74) is 2.67. The first-order valence-electron chi connectivity index (χ1n) is 5.84. The maximum Gasteiger partial charge on any atom is 0.0494 e. The van der Waals surface area contributed by atoms with E-state index in [-0.39, 0.29) is 0 Å². The van der Waals surface area contributed by atoms with Crippen LogP contribution in [0.5, 0.6) is 0 Å². The summed E-state index contributed by atoms with van der Waals surface area (Å²) in [7, 11) is 0. The van der Waals surface area contributed by atoms with Crippen molar-refractivity contribution >= 4 is 33.0 Å². The van der Waals surface area contributed by atoms with Crippen LogP contribution in [0.25, 0.3) is 0 Å². The molecule has 0 radical (unpaired) electrons. The minimum absolute atomic E-state index is 0.900. The van der Waals surface area contributed by atoms with Gasteiger partial charge < -0.3 is 5.32 Å². The van der Waals surface area contributed by atoms with Crippen molar-refractivity contribution < 1.29 is 0 Å². The molecule has 0 atom stereocenters. The van der Waals surface area contributed by atoms with Crippen LogP contribution in [0.15, 0.2) is 40.2 Å². The summed E-state index contributed by atoms with van der Waals surface area (Å²) in [4.78, 5) is 1.35. The summed E-state index contributed by atoms with van der Waals surface area (Å²) in [5, 5.41) is 5.64. The van der Waals surface area contributed by atoms with Gasteiger partial charge >= 0.3 is 0 Å². The molecule has 1 aromatic heterocycles. The van der Waals surface area contributed by atoms with Gasteiger partial charge in [-0.1, -0.05) is 31.5 Å². The van der Waals surface area contributed by atoms with E-state index in [4.69, 9.17) is 0 Å². The summed E-state index contributed by atoms with van der Waals surface area (Å²) in [6, 6.07) is 10.7. The topological polar surface area (TPSA) is 12.0 Å². The molecular weight excluding hydrogens is 294 g/mol. The second-order valence-corrected chi connectivity index (χ2v) is 5.90. The number of hydrogen-bond donors (Lipinski definition) is 1. The Morgan fingerprint density at radius 2 is 2.12 bits per heavy atom. The Bertz CT molecular complexity index is 479. The predicted octanol–water partition coefficient (Wildman–Crippen LogP) is 5.08. The summed E-state index contributed by atoms with van der Waals surface area (Å²) in [6.07, 6.45) is 2.32. The van der Waals surface area contributed by atoms with Crippen LogP contribution < -0.4 is 5.32 Å². The molecule has 1 N–H and O–H groups in total. The van der Waals surface area contributed by atoms with Gasteiger partial charge in [-0.15, -0.1) is 11.3 Å². The zero-order chi connectivity index (χ0) is 12.1. The van der Waals surface area contributed by atoms with E-state index in [1.165, 1.54) is 27.0 Å². The number of nitrogens with one attached hydrogen (secondary N) is 1. The zero-order valence-corrected chi connectivity index (χ0v) is 12.3. The Hall–Kier alpha value is -0.800. The van der Waals surface area contributed by atoms with Gasteiger partial charge in [-0.2, -0.15) is 0 Å². The number of benzene rings is 1. The fraction of sp³-hybridized carbons (Fsp3) is 0.286. The lowest BCUT2D eigenvalue weighted by atomic mass is 10.1. The zero-order valence-electron chi connectivity index (χ0n) is 9.87. The molecule has 0 fully saturated rings. The molecule has 2 aromatic rings. The highest BCUT2D eigenvalue weighted by Gasteiger charge is 2.01. The Kier molecular flexibility index (Phi) is 4.63. The molecule has 17 heavy (non-hydrogen) atoms. The average Bonchev–Trinajstić information content (AvgIpc) is 2.74. The molecular formula is C14H16BrNS. The van der Waals surface area contributed by atoms with Crippen molar-refractivity contribution in [1.29, 1.82) is 0 Å². The second kappa shape index (κ2) is 6.22. The first kappa shape index (κ1) is 12.7. The van der Waals surface area contributed by atoms with E-state index in [2.05, 4.69) is 63.9 Å². The first-order valence-corrected chi connectivity index (χ1v) is 7.51. The van der Waals surface area contributed by atoms with Crippen molar-refractivity contribution in [3.05, 3.63) is 50.6 Å². The van der Waals surface area contributed by atoms with Gasteiger partial charge in [-0.3, -0.25) is 0 Å². The van der Waals surface area contributed by atoms with Crippen molar-refractivity contribution in [2.75, 3.05) is 5.32 Å². The molecule has 0 amide bonds. The van der Waals surface area contributed by atoms with Crippen molar-refractivity contribution in [2.24, 2.45) is 0 Å². The maximum absolute atomic E-state index is 3.52. The van der Waals surface area contributed by atoms with Crippen LogP contribution in [0.2, 0.25) is 0 Å². The third-order valence-corrected chi connectivity index (χ3v) is 4.31. The first-order chi connectivity index (χ1) is 8.29. The van der Waals surface area contributed by atoms with Gasteiger partial charge in [0.15, 0.2) is 0 Å². The highest BCUT2D eigenvalue weighted by Crippen LogP contribution is 2.22. The van der Waals surface area contributed by atoms with E-state index < -0.39 is 0 Å². The summed E-state index contributed by atoms with van der Waals surface area (Å²) < 4.78 is 1.17. The molecule has 0 spiro atoms. The third-order valence-electron chi connectivity index (χ3n) is 2.61. The van der Waals surface area contributed by atoms with Crippen LogP contribution in [-0.4, -0.2) is 0 Å². The van der Waals surface area contributed by atoms with Crippen LogP contribution in [0.1, 0.15) is 23.8 Å². The molecule has 0 aliphatic carbocycles. The van der Waals surface area contributed by atoms with Gasteiger partial charge in [-0.25, -0.2) is 0 Å². The average molecular weight is 310 g/mol. The largest absolute Gasteiger partial charge is 0.380 e. The molecule has 0 unspecified atom stereocenters. The van der Waals surface area contributed by atoms with Gasteiger partial charge in [0.1, 0.15) is 0 Å². The molecule has 1 aromatic carbocycles. The Labute approximate surface area is 115 Å². The number of aryl methyl sites for hydroxylation is 1. The molecule has 1 nitrogen and oxygen atoms in total. The lowest BCUT2D eigenvalue weighted by Crippen LogP contribution is -2.00. The van der Waals surface area contributed by atoms with Crippen LogP contribution in [0.4, 0.5) is 5.69 Å². The Morgan fingerprint density at radius 1 is 1.29 bits per heavy atom. The highest BCUT2D eigenvalue weighted by atomic mass is 79.9. The third kappa shape index (κ3) is 3.58. The molecule has 0 aliphatic rings. The van der Waals surface area contributed by atoms with Crippen LogP contribution >= 0.6 is 27.3 Å². The summed E-state index contributed by atoms with van der Waals surface area (Å²) in [6.45, 7) is 3.12. The number of para-hydroxylation sites is 1. The van der Waals surface area contributed by atoms with Gasteiger partial charge in [0, 0.05) is 27.0 Å². The summed E-state index contributed by atoms with van der Waals surface area (Å²) in [5.74, 6) is 0. The fourth-order valence-corrected chi connectivity index (χ4v) is 3.20. The number of thiophene rings is 1. The second-order valence-electron chi connectivity index (χ2n) is 3.99. The number of anilines is 1. The Morgan fingerprint density at radius 3 is 2.82 bits per heavy atom. The van der Waals surface area contributed by atoms with E-state index in [1.807, 2.05) is 0 Å². The maximum atomic E-state index is 3.52. The normalized spacial score (nSPS) is 10.5. The fourth-order valence-electron chi connectivity index (χ4n) is 1.81. The number of halogens is 1. The monoisotopic (exact) mass is 309 g/mol. The van der Waals surface area contributed by atoms with Crippen LogP contribution in [-0.2, 0) is 13.0 Å². The molecule has 1 heterocycles. The smallest absolute Gasteiger partial charge is 0.0494 e. The minimum atomic E-state index is 0.900. The predicted molar refractivity (Wildman–Crippen MR) is 79.8 cm³/mol. The molecule has 0 aliphatic heterocycles. The lowest BCUT2D eigenvalue weighted by molar-refractivity contribution is 0.920.